The van der Waals surface area contributed by atoms with Gasteiger partial charge in [0.15, 0.2) is 0 Å². The molecule has 0 aromatic carbocycles. The fourth-order valence-corrected chi connectivity index (χ4v) is 1.60. The van der Waals surface area contributed by atoms with Crippen LogP contribution in [0.4, 0.5) is 4.39 Å². The second-order valence-electron chi connectivity index (χ2n) is 3.63. The molecule has 1 heterocycles. The van der Waals surface area contributed by atoms with Crippen molar-refractivity contribution in [3.63, 3.8) is 0 Å². The van der Waals surface area contributed by atoms with E-state index in [0.29, 0.717) is 5.92 Å². The van der Waals surface area contributed by atoms with Gasteiger partial charge >= 0.3 is 7.12 Å². The van der Waals surface area contributed by atoms with Gasteiger partial charge in [-0.15, -0.1) is 0 Å². The number of nitrogens with zero attached hydrogens (tertiary/aromatic N) is 1. The van der Waals surface area contributed by atoms with Crippen molar-refractivity contribution in [1.82, 2.24) is 4.98 Å². The number of rotatable bonds is 2. The summed E-state index contributed by atoms with van der Waals surface area (Å²) in [5.41, 5.74) is 0.683. The molecule has 0 bridgehead atoms. The largest absolute Gasteiger partial charge is 0.491 e. The van der Waals surface area contributed by atoms with E-state index in [2.05, 4.69) is 4.98 Å². The molecule has 0 amide bonds. The van der Waals surface area contributed by atoms with Crippen LogP contribution in [0.25, 0.3) is 0 Å². The molecule has 0 unspecified atom stereocenters. The van der Waals surface area contributed by atoms with Gasteiger partial charge in [-0.2, -0.15) is 0 Å². The van der Waals surface area contributed by atoms with Crippen LogP contribution in [-0.4, -0.2) is 22.2 Å². The zero-order chi connectivity index (χ0) is 10.1. The summed E-state index contributed by atoms with van der Waals surface area (Å²) in [7, 11) is -1.75. The van der Waals surface area contributed by atoms with Crippen molar-refractivity contribution in [1.29, 1.82) is 0 Å². The Kier molecular flexibility index (Phi) is 2.52. The lowest BCUT2D eigenvalue weighted by molar-refractivity contribution is 0.408. The first-order valence-corrected chi connectivity index (χ1v) is 4.70. The molecular formula is C9H11BFNO2. The molecule has 3 nitrogen and oxygen atoms in total. The molecule has 1 aromatic heterocycles. The molecule has 1 fully saturated rings. The molecule has 5 heteroatoms. The molecule has 1 aliphatic rings. The zero-order valence-corrected chi connectivity index (χ0v) is 7.65. The smallest absolute Gasteiger partial charge is 0.423 e. The quantitative estimate of drug-likeness (QED) is 0.661. The predicted octanol–water partition coefficient (Wildman–Crippen LogP) is 0.168. The van der Waals surface area contributed by atoms with Crippen molar-refractivity contribution in [2.75, 3.05) is 0 Å². The van der Waals surface area contributed by atoms with Gasteiger partial charge < -0.3 is 10.0 Å². The Morgan fingerprint density at radius 2 is 2.14 bits per heavy atom. The second-order valence-corrected chi connectivity index (χ2v) is 3.63. The Hall–Kier alpha value is -0.935. The molecule has 2 rings (SSSR count). The maximum atomic E-state index is 13.0. The Balaban J connectivity index is 2.30. The molecule has 2 N–H and O–H groups in total. The highest BCUT2D eigenvalue weighted by molar-refractivity contribution is 6.58. The van der Waals surface area contributed by atoms with Crippen molar-refractivity contribution in [3.8, 4) is 0 Å². The van der Waals surface area contributed by atoms with E-state index in [4.69, 9.17) is 10.0 Å². The first kappa shape index (κ1) is 9.61. The summed E-state index contributed by atoms with van der Waals surface area (Å²) in [6.45, 7) is 0. The van der Waals surface area contributed by atoms with E-state index in [1.165, 1.54) is 12.5 Å². The molecule has 0 aliphatic heterocycles. The number of aromatic nitrogens is 1. The van der Waals surface area contributed by atoms with Crippen LogP contribution >= 0.6 is 0 Å². The van der Waals surface area contributed by atoms with E-state index in [1.54, 1.807) is 0 Å². The number of hydrogen-bond acceptors (Lipinski definition) is 3. The van der Waals surface area contributed by atoms with Gasteiger partial charge in [0.2, 0.25) is 0 Å². The van der Waals surface area contributed by atoms with Gasteiger partial charge in [-0.25, -0.2) is 4.39 Å². The Bertz CT molecular complexity index is 342. The molecule has 1 aromatic rings. The molecule has 1 aliphatic carbocycles. The monoisotopic (exact) mass is 195 g/mol. The lowest BCUT2D eigenvalue weighted by atomic mass is 9.76. The van der Waals surface area contributed by atoms with E-state index >= 15 is 0 Å². The maximum absolute atomic E-state index is 13.0. The van der Waals surface area contributed by atoms with Crippen molar-refractivity contribution < 1.29 is 14.4 Å². The zero-order valence-electron chi connectivity index (χ0n) is 7.65. The minimum atomic E-state index is -1.75. The molecular weight excluding hydrogens is 184 g/mol. The third-order valence-electron chi connectivity index (χ3n) is 2.71. The Labute approximate surface area is 81.8 Å². The minimum absolute atomic E-state index is 0.0816. The predicted molar refractivity (Wildman–Crippen MR) is 50.6 cm³/mol. The fourth-order valence-electron chi connectivity index (χ4n) is 1.60. The SMILES string of the molecule is OB(O)c1cc(C2CCC2)ncc1F. The van der Waals surface area contributed by atoms with Gasteiger partial charge in [0, 0.05) is 17.1 Å². The van der Waals surface area contributed by atoms with Crippen molar-refractivity contribution >= 4 is 12.6 Å². The van der Waals surface area contributed by atoms with E-state index in [-0.39, 0.29) is 5.46 Å². The summed E-state index contributed by atoms with van der Waals surface area (Å²) < 4.78 is 13.0. The summed E-state index contributed by atoms with van der Waals surface area (Å²) in [5, 5.41) is 17.8. The molecule has 74 valence electrons. The van der Waals surface area contributed by atoms with E-state index < -0.39 is 12.9 Å². The van der Waals surface area contributed by atoms with Crippen LogP contribution in [0.1, 0.15) is 30.9 Å². The summed E-state index contributed by atoms with van der Waals surface area (Å²) in [5.74, 6) is -0.295. The van der Waals surface area contributed by atoms with Crippen LogP contribution in [-0.2, 0) is 0 Å². The molecule has 0 radical (unpaired) electrons. The van der Waals surface area contributed by atoms with Gasteiger partial charge in [-0.1, -0.05) is 6.42 Å². The second kappa shape index (κ2) is 3.67. The van der Waals surface area contributed by atoms with Crippen LogP contribution in [0.15, 0.2) is 12.3 Å². The van der Waals surface area contributed by atoms with E-state index in [0.717, 1.165) is 24.7 Å². The highest BCUT2D eigenvalue weighted by Crippen LogP contribution is 2.34. The van der Waals surface area contributed by atoms with Crippen LogP contribution in [0.2, 0.25) is 0 Å². The van der Waals surface area contributed by atoms with E-state index in [1.807, 2.05) is 0 Å². The average Bonchev–Trinajstić information content (AvgIpc) is 2.04. The molecule has 1 saturated carbocycles. The van der Waals surface area contributed by atoms with Gasteiger partial charge in [0.05, 0.1) is 6.20 Å². The van der Waals surface area contributed by atoms with Crippen molar-refractivity contribution in [2.24, 2.45) is 0 Å². The molecule has 14 heavy (non-hydrogen) atoms. The highest BCUT2D eigenvalue weighted by atomic mass is 19.1. The third-order valence-corrected chi connectivity index (χ3v) is 2.71. The van der Waals surface area contributed by atoms with Gasteiger partial charge in [-0.05, 0) is 18.9 Å². The first-order chi connectivity index (χ1) is 6.68. The van der Waals surface area contributed by atoms with E-state index in [9.17, 15) is 4.39 Å². The minimum Gasteiger partial charge on any atom is -0.423 e. The lowest BCUT2D eigenvalue weighted by Crippen LogP contribution is -2.34. The fraction of sp³-hybridized carbons (Fsp3) is 0.444. The number of hydrogen-bond donors (Lipinski definition) is 2. The van der Waals surface area contributed by atoms with Gasteiger partial charge in [-0.3, -0.25) is 4.98 Å². The normalized spacial score (nSPS) is 16.5. The summed E-state index contributed by atoms with van der Waals surface area (Å²) >= 11 is 0. The topological polar surface area (TPSA) is 53.4 Å². The summed E-state index contributed by atoms with van der Waals surface area (Å²) in [6.07, 6.45) is 4.34. The van der Waals surface area contributed by atoms with Crippen molar-refractivity contribution in [3.05, 3.63) is 23.8 Å². The van der Waals surface area contributed by atoms with Crippen LogP contribution in [0, 0.1) is 5.82 Å². The summed E-state index contributed by atoms with van der Waals surface area (Å²) in [6, 6.07) is 1.45. The Morgan fingerprint density at radius 1 is 1.43 bits per heavy atom. The first-order valence-electron chi connectivity index (χ1n) is 4.70. The summed E-state index contributed by atoms with van der Waals surface area (Å²) in [4.78, 5) is 3.95. The number of pyridine rings is 1. The standard InChI is InChI=1S/C9H11BFNO2/c11-8-5-12-9(6-2-1-3-6)4-7(8)10(13)14/h4-6,13-14H,1-3H2. The van der Waals surface area contributed by atoms with Crippen LogP contribution in [0.3, 0.4) is 0 Å². The number of halogens is 1. The van der Waals surface area contributed by atoms with Gasteiger partial charge in [0.1, 0.15) is 5.82 Å². The van der Waals surface area contributed by atoms with Gasteiger partial charge in [0.25, 0.3) is 0 Å². The average molecular weight is 195 g/mol. The highest BCUT2D eigenvalue weighted by Gasteiger charge is 2.24. The Morgan fingerprint density at radius 3 is 2.64 bits per heavy atom. The molecule has 0 spiro atoms. The lowest BCUT2D eigenvalue weighted by Gasteiger charge is -2.25. The molecule has 0 saturated heterocycles. The van der Waals surface area contributed by atoms with Crippen LogP contribution in [0.5, 0.6) is 0 Å². The maximum Gasteiger partial charge on any atom is 0.491 e. The third kappa shape index (κ3) is 1.65. The van der Waals surface area contributed by atoms with Crippen LogP contribution < -0.4 is 5.46 Å². The van der Waals surface area contributed by atoms with Crippen molar-refractivity contribution in [2.45, 2.75) is 25.2 Å². The molecule has 0 atom stereocenters.